The Bertz CT molecular complexity index is 350. The largest absolute Gasteiger partial charge is 0.341 e. The summed E-state index contributed by atoms with van der Waals surface area (Å²) in [6, 6.07) is 0.865. The summed E-state index contributed by atoms with van der Waals surface area (Å²) in [5, 5.41) is 0. The summed E-state index contributed by atoms with van der Waals surface area (Å²) in [5.41, 5.74) is 6.04. The van der Waals surface area contributed by atoms with Gasteiger partial charge in [0.1, 0.15) is 0 Å². The maximum atomic E-state index is 12.7. The minimum absolute atomic E-state index is 0. The van der Waals surface area contributed by atoms with Crippen LogP contribution in [0.5, 0.6) is 0 Å². The highest BCUT2D eigenvalue weighted by molar-refractivity contribution is 5.85. The Balaban J connectivity index is 0.00000121. The van der Waals surface area contributed by atoms with Crippen molar-refractivity contribution in [2.75, 3.05) is 26.2 Å². The number of likely N-dealkylation sites (tertiary alicyclic amines) is 2. The van der Waals surface area contributed by atoms with Crippen LogP contribution < -0.4 is 5.73 Å². The van der Waals surface area contributed by atoms with Gasteiger partial charge in [-0.3, -0.25) is 9.69 Å². The number of amides is 1. The van der Waals surface area contributed by atoms with Gasteiger partial charge in [0.05, 0.1) is 0 Å². The van der Waals surface area contributed by atoms with Gasteiger partial charge in [0.25, 0.3) is 0 Å². The summed E-state index contributed by atoms with van der Waals surface area (Å²) in [6.07, 6.45) is 9.30. The minimum atomic E-state index is 0. The fourth-order valence-electron chi connectivity index (χ4n) is 4.27. The molecule has 2 saturated heterocycles. The zero-order chi connectivity index (χ0) is 13.9. The van der Waals surface area contributed by atoms with Gasteiger partial charge >= 0.3 is 0 Å². The molecule has 0 aromatic rings. The zero-order valence-electron chi connectivity index (χ0n) is 13.4. The lowest BCUT2D eigenvalue weighted by molar-refractivity contribution is -0.138. The van der Waals surface area contributed by atoms with Gasteiger partial charge in [-0.05, 0) is 58.0 Å². The average Bonchev–Trinajstić information content (AvgIpc) is 3.01. The van der Waals surface area contributed by atoms with E-state index in [1.165, 1.54) is 38.8 Å². The van der Waals surface area contributed by atoms with Crippen molar-refractivity contribution in [2.24, 2.45) is 11.7 Å². The quantitative estimate of drug-likeness (QED) is 0.830. The van der Waals surface area contributed by atoms with Crippen LogP contribution in [0.4, 0.5) is 0 Å². The summed E-state index contributed by atoms with van der Waals surface area (Å²) in [6.45, 7) is 4.40. The summed E-state index contributed by atoms with van der Waals surface area (Å²) < 4.78 is 0. The Labute approximate surface area is 147 Å². The van der Waals surface area contributed by atoms with Crippen molar-refractivity contribution >= 4 is 30.7 Å². The van der Waals surface area contributed by atoms with Crippen molar-refractivity contribution in [3.63, 3.8) is 0 Å². The monoisotopic (exact) mass is 351 g/mol. The molecule has 22 heavy (non-hydrogen) atoms. The van der Waals surface area contributed by atoms with Gasteiger partial charge in [0, 0.05) is 31.1 Å². The van der Waals surface area contributed by atoms with Gasteiger partial charge in [-0.1, -0.05) is 6.42 Å². The molecule has 3 unspecified atom stereocenters. The number of piperidine rings is 1. The number of rotatable bonds is 2. The van der Waals surface area contributed by atoms with Crippen LogP contribution in [0.3, 0.4) is 0 Å². The third kappa shape index (κ3) is 4.73. The average molecular weight is 352 g/mol. The molecule has 1 amide bonds. The van der Waals surface area contributed by atoms with E-state index in [2.05, 4.69) is 9.80 Å². The summed E-state index contributed by atoms with van der Waals surface area (Å²) in [7, 11) is 0. The van der Waals surface area contributed by atoms with E-state index in [0.29, 0.717) is 11.9 Å². The third-order valence-corrected chi connectivity index (χ3v) is 5.43. The molecule has 130 valence electrons. The van der Waals surface area contributed by atoms with Crippen LogP contribution in [0.2, 0.25) is 0 Å². The molecule has 0 bridgehead atoms. The number of halogens is 2. The molecular weight excluding hydrogens is 321 g/mol. The molecule has 4 nitrogen and oxygen atoms in total. The molecule has 1 aliphatic carbocycles. The number of nitrogens with zero attached hydrogens (tertiary/aromatic N) is 2. The summed E-state index contributed by atoms with van der Waals surface area (Å²) in [5.74, 6) is 0.597. The van der Waals surface area contributed by atoms with Crippen LogP contribution in [0, 0.1) is 5.92 Å². The number of hydrogen-bond acceptors (Lipinski definition) is 3. The van der Waals surface area contributed by atoms with E-state index in [1.54, 1.807) is 0 Å². The second kappa shape index (κ2) is 9.31. The molecule has 2 heterocycles. The van der Waals surface area contributed by atoms with Gasteiger partial charge in [0.2, 0.25) is 5.91 Å². The van der Waals surface area contributed by atoms with Crippen LogP contribution in [-0.4, -0.2) is 54.0 Å². The Kier molecular flexibility index (Phi) is 8.47. The first-order valence-corrected chi connectivity index (χ1v) is 8.52. The van der Waals surface area contributed by atoms with Crippen molar-refractivity contribution < 1.29 is 4.79 Å². The van der Waals surface area contributed by atoms with Crippen LogP contribution in [0.15, 0.2) is 0 Å². The standard InChI is InChI=1S/C16H29N3O.2ClH/c17-14-6-3-5-13(11-14)16(20)19-10-4-7-15(12-19)18-8-1-2-9-18;;/h13-15H,1-12,17H2;2*1H. The van der Waals surface area contributed by atoms with E-state index in [0.717, 1.165) is 38.8 Å². The second-order valence-electron chi connectivity index (χ2n) is 6.95. The third-order valence-electron chi connectivity index (χ3n) is 5.43. The molecule has 1 saturated carbocycles. The first-order valence-electron chi connectivity index (χ1n) is 8.52. The zero-order valence-corrected chi connectivity index (χ0v) is 15.0. The van der Waals surface area contributed by atoms with Crippen LogP contribution in [0.1, 0.15) is 51.4 Å². The van der Waals surface area contributed by atoms with E-state index in [4.69, 9.17) is 5.73 Å². The SMILES string of the molecule is Cl.Cl.NC1CCCC(C(=O)N2CCCC(N3CCCC3)C2)C1. The highest BCUT2D eigenvalue weighted by Crippen LogP contribution is 2.27. The van der Waals surface area contributed by atoms with Gasteiger partial charge in [-0.15, -0.1) is 24.8 Å². The number of hydrogen-bond donors (Lipinski definition) is 1. The summed E-state index contributed by atoms with van der Waals surface area (Å²) >= 11 is 0. The van der Waals surface area contributed by atoms with E-state index in [1.807, 2.05) is 0 Å². The molecule has 2 aliphatic heterocycles. The molecule has 0 aromatic carbocycles. The molecule has 0 aromatic heterocycles. The topological polar surface area (TPSA) is 49.6 Å². The van der Waals surface area contributed by atoms with E-state index < -0.39 is 0 Å². The molecule has 0 spiro atoms. The summed E-state index contributed by atoms with van der Waals surface area (Å²) in [4.78, 5) is 17.5. The van der Waals surface area contributed by atoms with Crippen molar-refractivity contribution in [3.05, 3.63) is 0 Å². The van der Waals surface area contributed by atoms with Gasteiger partial charge in [0.15, 0.2) is 0 Å². The normalized spacial score (nSPS) is 33.0. The number of carbonyl (C=O) groups is 1. The first-order chi connectivity index (χ1) is 9.74. The Morgan fingerprint density at radius 1 is 0.909 bits per heavy atom. The van der Waals surface area contributed by atoms with Crippen LogP contribution in [0.25, 0.3) is 0 Å². The van der Waals surface area contributed by atoms with Crippen molar-refractivity contribution in [1.29, 1.82) is 0 Å². The second-order valence-corrected chi connectivity index (χ2v) is 6.95. The molecule has 6 heteroatoms. The molecule has 3 atom stereocenters. The molecular formula is C16H31Cl2N3O. The maximum Gasteiger partial charge on any atom is 0.225 e. The lowest BCUT2D eigenvalue weighted by atomic mass is 9.85. The van der Waals surface area contributed by atoms with Gasteiger partial charge in [-0.2, -0.15) is 0 Å². The van der Waals surface area contributed by atoms with Gasteiger partial charge < -0.3 is 10.6 Å². The highest BCUT2D eigenvalue weighted by atomic mass is 35.5. The molecule has 3 fully saturated rings. The van der Waals surface area contributed by atoms with Crippen molar-refractivity contribution in [1.82, 2.24) is 9.80 Å². The molecule has 0 radical (unpaired) electrons. The van der Waals surface area contributed by atoms with Crippen molar-refractivity contribution in [3.8, 4) is 0 Å². The van der Waals surface area contributed by atoms with E-state index in [9.17, 15) is 4.79 Å². The smallest absolute Gasteiger partial charge is 0.225 e. The van der Waals surface area contributed by atoms with Crippen molar-refractivity contribution in [2.45, 2.75) is 63.5 Å². The lowest BCUT2D eigenvalue weighted by Gasteiger charge is -2.40. The lowest BCUT2D eigenvalue weighted by Crippen LogP contribution is -2.51. The molecule has 3 aliphatic rings. The fraction of sp³-hybridized carbons (Fsp3) is 0.938. The Hall–Kier alpha value is -0.0300. The Morgan fingerprint density at radius 2 is 1.64 bits per heavy atom. The Morgan fingerprint density at radius 3 is 2.32 bits per heavy atom. The van der Waals surface area contributed by atoms with Crippen LogP contribution in [-0.2, 0) is 4.79 Å². The number of carbonyl (C=O) groups excluding carboxylic acids is 1. The molecule has 2 N–H and O–H groups in total. The molecule has 3 rings (SSSR count). The highest BCUT2D eigenvalue weighted by Gasteiger charge is 2.33. The minimum Gasteiger partial charge on any atom is -0.341 e. The van der Waals surface area contributed by atoms with Crippen LogP contribution >= 0.6 is 24.8 Å². The predicted molar refractivity (Wildman–Crippen MR) is 94.8 cm³/mol. The fourth-order valence-corrected chi connectivity index (χ4v) is 4.27. The number of nitrogens with two attached hydrogens (primary N) is 1. The van der Waals surface area contributed by atoms with E-state index >= 15 is 0 Å². The first kappa shape index (κ1) is 20.0. The van der Waals surface area contributed by atoms with Gasteiger partial charge in [-0.25, -0.2) is 0 Å². The predicted octanol–water partition coefficient (Wildman–Crippen LogP) is 2.43. The van der Waals surface area contributed by atoms with E-state index in [-0.39, 0.29) is 36.8 Å². The maximum absolute atomic E-state index is 12.7.